The van der Waals surface area contributed by atoms with Gasteiger partial charge in [0.25, 0.3) is 0 Å². The average molecular weight is 1050 g/mol. The summed E-state index contributed by atoms with van der Waals surface area (Å²) in [5, 5.41) is 11.8. The van der Waals surface area contributed by atoms with Gasteiger partial charge in [0, 0.05) is 12.8 Å². The third-order valence-corrected chi connectivity index (χ3v) is 13.5. The molecule has 0 amide bonds. The lowest BCUT2D eigenvalue weighted by atomic mass is 10.0. The van der Waals surface area contributed by atoms with Crippen LogP contribution in [-0.4, -0.2) is 82.3 Å². The Morgan fingerprint density at radius 1 is 0.413 bits per heavy atom. The van der Waals surface area contributed by atoms with Crippen molar-refractivity contribution in [1.29, 1.82) is 0 Å². The third kappa shape index (κ3) is 58.3. The molecule has 9 heteroatoms. The number of carboxylic acid groups (broad SMARTS) is 1. The van der Waals surface area contributed by atoms with E-state index in [0.29, 0.717) is 23.9 Å². The molecule has 0 bridgehead atoms. The topological polar surface area (TPSA) is 111 Å². The number of carboxylic acids is 1. The summed E-state index contributed by atoms with van der Waals surface area (Å²) in [5.41, 5.74) is 0. The van der Waals surface area contributed by atoms with Crippen LogP contribution in [0, 0.1) is 0 Å². The summed E-state index contributed by atoms with van der Waals surface area (Å²) in [6.07, 6.45) is 71.0. The predicted molar refractivity (Wildman–Crippen MR) is 315 cm³/mol. The monoisotopic (exact) mass is 1050 g/mol. The molecule has 0 heterocycles. The second-order valence-corrected chi connectivity index (χ2v) is 22.0. The van der Waals surface area contributed by atoms with Crippen LogP contribution >= 0.6 is 0 Å². The van der Waals surface area contributed by atoms with Gasteiger partial charge in [0.1, 0.15) is 13.2 Å². The first-order valence-electron chi connectivity index (χ1n) is 31.1. The highest BCUT2D eigenvalue weighted by molar-refractivity contribution is 5.70. The Kier molecular flexibility index (Phi) is 54.4. The molecule has 0 radical (unpaired) electrons. The molecular weight excluding hydrogens is 935 g/mol. The minimum absolute atomic E-state index is 0.144. The fourth-order valence-electron chi connectivity index (χ4n) is 8.72. The van der Waals surface area contributed by atoms with Crippen molar-refractivity contribution in [3.63, 3.8) is 0 Å². The molecule has 434 valence electrons. The van der Waals surface area contributed by atoms with E-state index in [4.69, 9.17) is 18.9 Å². The quantitative estimate of drug-likeness (QED) is 0.0195. The maximum absolute atomic E-state index is 12.9. The number of allylic oxidation sites excluding steroid dienone is 12. The van der Waals surface area contributed by atoms with Crippen molar-refractivity contribution >= 4 is 17.9 Å². The Morgan fingerprint density at radius 2 is 0.760 bits per heavy atom. The number of esters is 2. The second-order valence-electron chi connectivity index (χ2n) is 22.0. The SMILES string of the molecule is CC/C=C\C/C=C\C/C=C\C/C=C\C/C=C\C/C=C\CCCCCCCCCCC(=O)OC(COC(=O)CCCCCCCCCCCCCCCCCCCCCCCCC)COC(OCC[N+](C)(C)C)C(=O)[O-]. The number of nitrogens with zero attached hydrogens (tertiary/aromatic N) is 1. The molecule has 0 saturated carbocycles. The smallest absolute Gasteiger partial charge is 0.306 e. The molecule has 0 aliphatic heterocycles. The van der Waals surface area contributed by atoms with Gasteiger partial charge in [-0.15, -0.1) is 0 Å². The number of aliphatic carboxylic acids is 1. The zero-order valence-electron chi connectivity index (χ0n) is 49.4. The van der Waals surface area contributed by atoms with E-state index >= 15 is 0 Å². The maximum Gasteiger partial charge on any atom is 0.306 e. The number of likely N-dealkylation sites (N-methyl/N-ethyl adjacent to an activating group) is 1. The highest BCUT2D eigenvalue weighted by Gasteiger charge is 2.22. The van der Waals surface area contributed by atoms with Crippen molar-refractivity contribution in [2.75, 3.05) is 47.5 Å². The van der Waals surface area contributed by atoms with E-state index in [-0.39, 0.29) is 32.2 Å². The molecule has 2 atom stereocenters. The summed E-state index contributed by atoms with van der Waals surface area (Å²) in [5.74, 6) is -2.28. The average Bonchev–Trinajstić information content (AvgIpc) is 3.38. The molecule has 2 unspecified atom stereocenters. The number of hydrogen-bond donors (Lipinski definition) is 0. The van der Waals surface area contributed by atoms with Crippen LogP contribution in [0.4, 0.5) is 0 Å². The maximum atomic E-state index is 12.9. The van der Waals surface area contributed by atoms with Gasteiger partial charge in [0.15, 0.2) is 12.4 Å². The second kappa shape index (κ2) is 56.9. The normalized spacial score (nSPS) is 13.2. The fraction of sp³-hybridized carbons (Fsp3) is 0.773. The van der Waals surface area contributed by atoms with Crippen molar-refractivity contribution < 1.29 is 42.9 Å². The molecule has 0 aromatic rings. The van der Waals surface area contributed by atoms with E-state index in [9.17, 15) is 19.5 Å². The third-order valence-electron chi connectivity index (χ3n) is 13.5. The van der Waals surface area contributed by atoms with E-state index < -0.39 is 24.3 Å². The van der Waals surface area contributed by atoms with Crippen molar-refractivity contribution in [1.82, 2.24) is 0 Å². The molecule has 0 aromatic heterocycles. The van der Waals surface area contributed by atoms with Gasteiger partial charge in [0.2, 0.25) is 0 Å². The standard InChI is InChI=1S/C66H117NO8/c1-6-8-10-12-14-16-18-20-22-24-26-28-30-31-32-33-35-37-39-41-43-45-47-49-51-53-55-57-64(69)75-62(61-74-66(65(70)71)72-59-58-67(3,4)5)60-73-63(68)56-54-52-50-48-46-44-42-40-38-36-34-29-27-25-23-21-19-17-15-13-11-9-7-2/h8,10,14,16,20,22,26,28,31-32,35,37,62,66H,6-7,9,11-13,15,17-19,21,23-25,27,29-30,33-34,36,38-61H2,1-5H3/b10-8-,16-14-,22-20-,28-26-,32-31-,37-35-. The number of carbonyl (C=O) groups excluding carboxylic acids is 3. The Morgan fingerprint density at radius 3 is 1.13 bits per heavy atom. The van der Waals surface area contributed by atoms with E-state index in [1.807, 2.05) is 21.1 Å². The Bertz CT molecular complexity index is 1460. The zero-order chi connectivity index (χ0) is 54.8. The highest BCUT2D eigenvalue weighted by atomic mass is 16.7. The minimum Gasteiger partial charge on any atom is -0.545 e. The lowest BCUT2D eigenvalue weighted by molar-refractivity contribution is -0.870. The molecule has 75 heavy (non-hydrogen) atoms. The Labute approximate surface area is 462 Å². The van der Waals surface area contributed by atoms with E-state index in [2.05, 4.69) is 86.8 Å². The highest BCUT2D eigenvalue weighted by Crippen LogP contribution is 2.17. The van der Waals surface area contributed by atoms with Gasteiger partial charge in [-0.2, -0.15) is 0 Å². The molecule has 9 nitrogen and oxygen atoms in total. The number of ether oxygens (including phenoxy) is 4. The first-order chi connectivity index (χ1) is 36.6. The van der Waals surface area contributed by atoms with Crippen LogP contribution in [0.1, 0.15) is 271 Å². The molecule has 0 aliphatic rings. The fourth-order valence-corrected chi connectivity index (χ4v) is 8.72. The van der Waals surface area contributed by atoms with Crippen LogP contribution < -0.4 is 5.11 Å². The van der Waals surface area contributed by atoms with Crippen LogP contribution in [0.15, 0.2) is 72.9 Å². The van der Waals surface area contributed by atoms with Gasteiger partial charge in [-0.1, -0.05) is 267 Å². The summed E-state index contributed by atoms with van der Waals surface area (Å²) in [6, 6.07) is 0. The van der Waals surface area contributed by atoms with Gasteiger partial charge in [-0.3, -0.25) is 9.59 Å². The molecule has 0 N–H and O–H groups in total. The summed E-state index contributed by atoms with van der Waals surface area (Å²) >= 11 is 0. The van der Waals surface area contributed by atoms with Gasteiger partial charge < -0.3 is 33.3 Å². The first-order valence-corrected chi connectivity index (χ1v) is 31.1. The minimum atomic E-state index is -1.63. The number of rotatable bonds is 57. The first kappa shape index (κ1) is 71.7. The van der Waals surface area contributed by atoms with Gasteiger partial charge in [-0.25, -0.2) is 0 Å². The number of quaternary nitrogens is 1. The zero-order valence-corrected chi connectivity index (χ0v) is 49.4. The van der Waals surface area contributed by atoms with Gasteiger partial charge >= 0.3 is 11.9 Å². The van der Waals surface area contributed by atoms with Crippen LogP contribution in [0.3, 0.4) is 0 Å². The summed E-state index contributed by atoms with van der Waals surface area (Å²) in [7, 11) is 5.92. The molecule has 0 saturated heterocycles. The molecule has 0 rings (SSSR count). The predicted octanol–water partition coefficient (Wildman–Crippen LogP) is 17.2. The molecule has 0 spiro atoms. The van der Waals surface area contributed by atoms with E-state index in [1.54, 1.807) is 0 Å². The number of carbonyl (C=O) groups is 3. The van der Waals surface area contributed by atoms with Crippen molar-refractivity contribution in [2.45, 2.75) is 283 Å². The summed E-state index contributed by atoms with van der Waals surface area (Å²) < 4.78 is 22.7. The van der Waals surface area contributed by atoms with Crippen molar-refractivity contribution in [2.24, 2.45) is 0 Å². The Balaban J connectivity index is 4.22. The lowest BCUT2D eigenvalue weighted by Crippen LogP contribution is -2.44. The van der Waals surface area contributed by atoms with Crippen LogP contribution in [-0.2, 0) is 33.3 Å². The summed E-state index contributed by atoms with van der Waals surface area (Å²) in [4.78, 5) is 37.4. The molecule has 0 aliphatic carbocycles. The van der Waals surface area contributed by atoms with Gasteiger partial charge in [0.05, 0.1) is 40.3 Å². The largest absolute Gasteiger partial charge is 0.545 e. The number of unbranched alkanes of at least 4 members (excludes halogenated alkanes) is 30. The van der Waals surface area contributed by atoms with Crippen LogP contribution in [0.5, 0.6) is 0 Å². The van der Waals surface area contributed by atoms with Crippen LogP contribution in [0.2, 0.25) is 0 Å². The molecule has 0 fully saturated rings. The van der Waals surface area contributed by atoms with E-state index in [1.165, 1.54) is 154 Å². The molecular formula is C66H117NO8. The van der Waals surface area contributed by atoms with Gasteiger partial charge in [-0.05, 0) is 64.2 Å². The number of hydrogen-bond acceptors (Lipinski definition) is 8. The van der Waals surface area contributed by atoms with Crippen molar-refractivity contribution in [3.8, 4) is 0 Å². The Hall–Kier alpha value is -3.27. The molecule has 0 aromatic carbocycles. The lowest BCUT2D eigenvalue weighted by Gasteiger charge is -2.26. The van der Waals surface area contributed by atoms with Crippen LogP contribution in [0.25, 0.3) is 0 Å². The summed E-state index contributed by atoms with van der Waals surface area (Å²) in [6.45, 7) is 4.66. The van der Waals surface area contributed by atoms with Crippen molar-refractivity contribution in [3.05, 3.63) is 72.9 Å². The van der Waals surface area contributed by atoms with E-state index in [0.717, 1.165) is 83.5 Å².